The third-order valence-corrected chi connectivity index (χ3v) is 2.03. The highest BCUT2D eigenvalue weighted by atomic mass is 79.9. The van der Waals surface area contributed by atoms with E-state index in [1.807, 2.05) is 30.3 Å². The van der Waals surface area contributed by atoms with Gasteiger partial charge in [-0.15, -0.1) is 0 Å². The normalized spacial score (nSPS) is 10.7. The lowest BCUT2D eigenvalue weighted by Crippen LogP contribution is -1.75. The van der Waals surface area contributed by atoms with E-state index in [4.69, 9.17) is 5.11 Å². The summed E-state index contributed by atoms with van der Waals surface area (Å²) in [5.74, 6) is 0. The molecule has 0 unspecified atom stereocenters. The van der Waals surface area contributed by atoms with Gasteiger partial charge in [-0.25, -0.2) is 0 Å². The standard InChI is InChI=1S/C9H9BrO/c10-9-6-2-1-4-8(9)5-3-7-11/h1-6,11H,7H2/b5-3+. The average Bonchev–Trinajstić information content (AvgIpc) is 2.03. The van der Waals surface area contributed by atoms with E-state index in [1.54, 1.807) is 6.08 Å². The Kier molecular flexibility index (Phi) is 3.33. The van der Waals surface area contributed by atoms with Gasteiger partial charge in [-0.05, 0) is 11.6 Å². The number of aliphatic hydroxyl groups excluding tert-OH is 1. The van der Waals surface area contributed by atoms with Gasteiger partial charge >= 0.3 is 0 Å². The molecule has 0 bridgehead atoms. The Morgan fingerprint density at radius 1 is 1.36 bits per heavy atom. The Labute approximate surface area is 74.5 Å². The summed E-state index contributed by atoms with van der Waals surface area (Å²) < 4.78 is 1.05. The molecule has 0 aliphatic rings. The molecule has 0 aromatic heterocycles. The number of hydrogen-bond donors (Lipinski definition) is 1. The van der Waals surface area contributed by atoms with Crippen LogP contribution in [0.1, 0.15) is 5.56 Å². The molecule has 0 amide bonds. The van der Waals surface area contributed by atoms with E-state index in [2.05, 4.69) is 15.9 Å². The summed E-state index contributed by atoms with van der Waals surface area (Å²) in [5, 5.41) is 8.52. The number of benzene rings is 1. The van der Waals surface area contributed by atoms with Crippen LogP contribution in [-0.4, -0.2) is 11.7 Å². The van der Waals surface area contributed by atoms with Crippen molar-refractivity contribution in [2.45, 2.75) is 0 Å². The lowest BCUT2D eigenvalue weighted by Gasteiger charge is -1.95. The van der Waals surface area contributed by atoms with Crippen LogP contribution in [0, 0.1) is 0 Å². The van der Waals surface area contributed by atoms with Crippen molar-refractivity contribution < 1.29 is 5.11 Å². The fraction of sp³-hybridized carbons (Fsp3) is 0.111. The molecule has 1 aromatic rings. The van der Waals surface area contributed by atoms with Crippen molar-refractivity contribution in [2.75, 3.05) is 6.61 Å². The molecule has 1 aromatic carbocycles. The van der Waals surface area contributed by atoms with Crippen LogP contribution in [0.5, 0.6) is 0 Å². The molecule has 0 saturated heterocycles. The van der Waals surface area contributed by atoms with Gasteiger partial charge in [0, 0.05) is 4.47 Å². The molecule has 58 valence electrons. The predicted molar refractivity (Wildman–Crippen MR) is 50.3 cm³/mol. The van der Waals surface area contributed by atoms with Crippen LogP contribution in [0.2, 0.25) is 0 Å². The zero-order valence-corrected chi connectivity index (χ0v) is 7.58. The first kappa shape index (κ1) is 8.50. The van der Waals surface area contributed by atoms with Crippen molar-refractivity contribution in [3.05, 3.63) is 40.4 Å². The molecule has 1 N–H and O–H groups in total. The highest BCUT2D eigenvalue weighted by Gasteiger charge is 1.90. The molecule has 0 aliphatic carbocycles. The molecule has 1 nitrogen and oxygen atoms in total. The number of hydrogen-bond acceptors (Lipinski definition) is 1. The zero-order chi connectivity index (χ0) is 8.10. The van der Waals surface area contributed by atoms with Crippen LogP contribution in [-0.2, 0) is 0 Å². The molecule has 0 spiro atoms. The summed E-state index contributed by atoms with van der Waals surface area (Å²) in [6.07, 6.45) is 3.59. The van der Waals surface area contributed by atoms with Gasteiger partial charge in [0.15, 0.2) is 0 Å². The van der Waals surface area contributed by atoms with E-state index in [9.17, 15) is 0 Å². The van der Waals surface area contributed by atoms with Gasteiger partial charge in [-0.1, -0.05) is 46.3 Å². The Morgan fingerprint density at radius 3 is 2.73 bits per heavy atom. The summed E-state index contributed by atoms with van der Waals surface area (Å²) in [6, 6.07) is 7.87. The van der Waals surface area contributed by atoms with Crippen LogP contribution in [0.25, 0.3) is 6.08 Å². The minimum Gasteiger partial charge on any atom is -0.392 e. The topological polar surface area (TPSA) is 20.2 Å². The van der Waals surface area contributed by atoms with E-state index in [0.29, 0.717) is 0 Å². The Bertz CT molecular complexity index is 255. The number of aliphatic hydroxyl groups is 1. The van der Waals surface area contributed by atoms with Gasteiger partial charge in [-0.3, -0.25) is 0 Å². The molecule has 0 fully saturated rings. The van der Waals surface area contributed by atoms with Crippen LogP contribution >= 0.6 is 15.9 Å². The first-order chi connectivity index (χ1) is 5.34. The second kappa shape index (κ2) is 4.31. The van der Waals surface area contributed by atoms with Gasteiger partial charge in [0.25, 0.3) is 0 Å². The largest absolute Gasteiger partial charge is 0.392 e. The molecule has 0 aliphatic heterocycles. The fourth-order valence-corrected chi connectivity index (χ4v) is 1.21. The van der Waals surface area contributed by atoms with Crippen molar-refractivity contribution in [1.29, 1.82) is 0 Å². The zero-order valence-electron chi connectivity index (χ0n) is 6.00. The first-order valence-electron chi connectivity index (χ1n) is 3.36. The van der Waals surface area contributed by atoms with E-state index >= 15 is 0 Å². The van der Waals surface area contributed by atoms with Crippen molar-refractivity contribution in [1.82, 2.24) is 0 Å². The van der Waals surface area contributed by atoms with Gasteiger partial charge in [0.1, 0.15) is 0 Å². The summed E-state index contributed by atoms with van der Waals surface area (Å²) in [5.41, 5.74) is 1.08. The monoisotopic (exact) mass is 212 g/mol. The quantitative estimate of drug-likeness (QED) is 0.799. The molecule has 11 heavy (non-hydrogen) atoms. The maximum absolute atomic E-state index is 8.52. The third-order valence-electron chi connectivity index (χ3n) is 1.31. The van der Waals surface area contributed by atoms with Gasteiger partial charge in [0.05, 0.1) is 6.61 Å². The van der Waals surface area contributed by atoms with Crippen LogP contribution in [0.15, 0.2) is 34.8 Å². The maximum Gasteiger partial charge on any atom is 0.0615 e. The van der Waals surface area contributed by atoms with Gasteiger partial charge in [-0.2, -0.15) is 0 Å². The highest BCUT2D eigenvalue weighted by Crippen LogP contribution is 2.16. The smallest absolute Gasteiger partial charge is 0.0615 e. The van der Waals surface area contributed by atoms with Crippen molar-refractivity contribution in [2.24, 2.45) is 0 Å². The Hall–Kier alpha value is -0.600. The summed E-state index contributed by atoms with van der Waals surface area (Å²) in [7, 11) is 0. The number of halogens is 1. The molecule has 1 rings (SSSR count). The van der Waals surface area contributed by atoms with Crippen molar-refractivity contribution >= 4 is 22.0 Å². The summed E-state index contributed by atoms with van der Waals surface area (Å²) in [6.45, 7) is 0.0847. The average molecular weight is 213 g/mol. The molecule has 2 heteroatoms. The van der Waals surface area contributed by atoms with E-state index in [-0.39, 0.29) is 6.61 Å². The van der Waals surface area contributed by atoms with Crippen molar-refractivity contribution in [3.63, 3.8) is 0 Å². The molecule has 0 radical (unpaired) electrons. The maximum atomic E-state index is 8.52. The van der Waals surface area contributed by atoms with E-state index in [1.165, 1.54) is 0 Å². The van der Waals surface area contributed by atoms with Crippen LogP contribution in [0.3, 0.4) is 0 Å². The Balaban J connectivity index is 2.86. The van der Waals surface area contributed by atoms with Gasteiger partial charge < -0.3 is 5.11 Å². The number of rotatable bonds is 2. The molecule has 0 heterocycles. The van der Waals surface area contributed by atoms with Crippen molar-refractivity contribution in [3.8, 4) is 0 Å². The fourth-order valence-electron chi connectivity index (χ4n) is 0.790. The predicted octanol–water partition coefficient (Wildman–Crippen LogP) is 2.45. The molecule has 0 atom stereocenters. The van der Waals surface area contributed by atoms with Gasteiger partial charge in [0.2, 0.25) is 0 Å². The SMILES string of the molecule is OC/C=C/c1ccccc1Br. The first-order valence-corrected chi connectivity index (χ1v) is 4.16. The molecule has 0 saturated carbocycles. The lowest BCUT2D eigenvalue weighted by atomic mass is 10.2. The minimum atomic E-state index is 0.0847. The second-order valence-corrected chi connectivity index (χ2v) is 2.96. The lowest BCUT2D eigenvalue weighted by molar-refractivity contribution is 0.343. The van der Waals surface area contributed by atoms with Crippen LogP contribution in [0.4, 0.5) is 0 Å². The third kappa shape index (κ3) is 2.48. The highest BCUT2D eigenvalue weighted by molar-refractivity contribution is 9.10. The van der Waals surface area contributed by atoms with Crippen LogP contribution < -0.4 is 0 Å². The summed E-state index contributed by atoms with van der Waals surface area (Å²) >= 11 is 3.39. The van der Waals surface area contributed by atoms with E-state index < -0.39 is 0 Å². The molecular weight excluding hydrogens is 204 g/mol. The molecular formula is C9H9BrO. The van der Waals surface area contributed by atoms with E-state index in [0.717, 1.165) is 10.0 Å². The minimum absolute atomic E-state index is 0.0847. The second-order valence-electron chi connectivity index (χ2n) is 2.11. The Morgan fingerprint density at radius 2 is 2.09 bits per heavy atom. The summed E-state index contributed by atoms with van der Waals surface area (Å²) in [4.78, 5) is 0.